The lowest BCUT2D eigenvalue weighted by Crippen LogP contribution is -2.60. The first-order chi connectivity index (χ1) is 32.2. The predicted molar refractivity (Wildman–Crippen MR) is 269 cm³/mol. The van der Waals surface area contributed by atoms with E-state index in [-0.39, 0.29) is 18.5 Å². The average molecular weight is 936 g/mol. The monoisotopic (exact) mass is 936 g/mol. The van der Waals surface area contributed by atoms with Crippen molar-refractivity contribution in [2.24, 2.45) is 0 Å². The van der Waals surface area contributed by atoms with Crippen LogP contribution in [0.1, 0.15) is 239 Å². The number of hydrogen-bond donors (Lipinski definition) is 6. The van der Waals surface area contributed by atoms with Gasteiger partial charge in [0.15, 0.2) is 6.29 Å². The largest absolute Gasteiger partial charge is 0.466 e. The number of esters is 1. The van der Waals surface area contributed by atoms with Crippen molar-refractivity contribution in [3.05, 3.63) is 36.5 Å². The van der Waals surface area contributed by atoms with Gasteiger partial charge in [-0.05, 0) is 57.8 Å². The number of aliphatic hydroxyl groups excluding tert-OH is 5. The van der Waals surface area contributed by atoms with E-state index in [0.717, 1.165) is 83.5 Å². The van der Waals surface area contributed by atoms with E-state index in [4.69, 9.17) is 14.2 Å². The molecule has 0 aromatic heterocycles. The molecule has 0 radical (unpaired) electrons. The molecule has 1 saturated heterocycles. The highest BCUT2D eigenvalue weighted by molar-refractivity contribution is 5.76. The van der Waals surface area contributed by atoms with Gasteiger partial charge in [0.25, 0.3) is 0 Å². The van der Waals surface area contributed by atoms with Crippen molar-refractivity contribution in [1.82, 2.24) is 5.32 Å². The van der Waals surface area contributed by atoms with E-state index < -0.39 is 49.5 Å². The molecule has 11 heteroatoms. The number of unbranched alkanes of at least 4 members (excludes halogenated alkanes) is 28. The molecule has 1 fully saturated rings. The van der Waals surface area contributed by atoms with Crippen LogP contribution in [-0.4, -0.2) is 100 Å². The third kappa shape index (κ3) is 35.1. The van der Waals surface area contributed by atoms with Gasteiger partial charge in [-0.15, -0.1) is 0 Å². The molecule has 0 saturated carbocycles. The Bertz CT molecular complexity index is 1190. The van der Waals surface area contributed by atoms with Crippen molar-refractivity contribution < 1.29 is 49.3 Å². The van der Waals surface area contributed by atoms with E-state index in [1.807, 2.05) is 6.08 Å². The predicted octanol–water partition coefficient (Wildman–Crippen LogP) is 11.6. The Labute approximate surface area is 403 Å². The molecule has 386 valence electrons. The maximum Gasteiger partial charge on any atom is 0.305 e. The molecule has 11 nitrogen and oxygen atoms in total. The number of nitrogens with one attached hydrogen (secondary N) is 1. The van der Waals surface area contributed by atoms with E-state index >= 15 is 0 Å². The minimum Gasteiger partial charge on any atom is -0.466 e. The van der Waals surface area contributed by atoms with Crippen molar-refractivity contribution in [2.75, 3.05) is 19.8 Å². The molecule has 1 heterocycles. The average Bonchev–Trinajstić information content (AvgIpc) is 3.31. The quantitative estimate of drug-likeness (QED) is 0.0196. The lowest BCUT2D eigenvalue weighted by Gasteiger charge is -2.40. The Morgan fingerprint density at radius 2 is 0.985 bits per heavy atom. The van der Waals surface area contributed by atoms with Gasteiger partial charge in [0.1, 0.15) is 24.4 Å². The second-order valence-electron chi connectivity index (χ2n) is 18.9. The highest BCUT2D eigenvalue weighted by Crippen LogP contribution is 2.23. The summed E-state index contributed by atoms with van der Waals surface area (Å²) in [6.45, 7) is 4.24. The molecular formula is C55H101NO10. The molecule has 1 aliphatic rings. The lowest BCUT2D eigenvalue weighted by molar-refractivity contribution is -0.302. The molecular weight excluding hydrogens is 835 g/mol. The van der Waals surface area contributed by atoms with E-state index in [2.05, 4.69) is 43.5 Å². The summed E-state index contributed by atoms with van der Waals surface area (Å²) in [7, 11) is 0. The summed E-state index contributed by atoms with van der Waals surface area (Å²) < 4.78 is 16.7. The first-order valence-electron chi connectivity index (χ1n) is 27.3. The third-order valence-corrected chi connectivity index (χ3v) is 12.7. The Balaban J connectivity index is 2.21. The Kier molecular flexibility index (Phi) is 42.5. The summed E-state index contributed by atoms with van der Waals surface area (Å²) in [6.07, 6.45) is 43.5. The van der Waals surface area contributed by atoms with Gasteiger partial charge in [-0.25, -0.2) is 0 Å². The number of hydrogen-bond acceptors (Lipinski definition) is 10. The van der Waals surface area contributed by atoms with Crippen LogP contribution in [0.3, 0.4) is 0 Å². The van der Waals surface area contributed by atoms with Gasteiger partial charge in [0, 0.05) is 12.8 Å². The molecule has 7 atom stereocenters. The minimum atomic E-state index is -1.58. The van der Waals surface area contributed by atoms with E-state index in [1.165, 1.54) is 128 Å². The molecule has 0 aliphatic carbocycles. The van der Waals surface area contributed by atoms with Crippen molar-refractivity contribution in [2.45, 2.75) is 281 Å². The second kappa shape index (κ2) is 45.3. The van der Waals surface area contributed by atoms with Crippen LogP contribution in [-0.2, 0) is 23.8 Å². The molecule has 1 rings (SSSR count). The third-order valence-electron chi connectivity index (χ3n) is 12.7. The number of aliphatic hydroxyl groups is 5. The number of carbonyl (C=O) groups is 2. The van der Waals surface area contributed by atoms with E-state index in [0.29, 0.717) is 19.4 Å². The van der Waals surface area contributed by atoms with Gasteiger partial charge in [-0.2, -0.15) is 0 Å². The summed E-state index contributed by atoms with van der Waals surface area (Å²) >= 11 is 0. The molecule has 66 heavy (non-hydrogen) atoms. The second-order valence-corrected chi connectivity index (χ2v) is 18.9. The standard InChI is InChI=1S/C55H101NO10/c1-3-5-7-9-11-13-15-16-18-22-25-29-33-37-41-48(58)47(46-65-55-54(63)53(62)52(61)49(45-57)66-55)56-50(59)42-38-34-30-26-23-19-17-20-24-28-32-36-40-44-64-51(60)43-39-35-31-27-21-14-12-10-8-6-4-2/h13,15,22,25,37,41,47-49,52-55,57-58,61-63H,3-12,14,16-21,23-24,26-36,38-40,42-46H2,1-2H3,(H,56,59)/b15-13+,25-22+,41-37+. The zero-order valence-corrected chi connectivity index (χ0v) is 42.2. The van der Waals surface area contributed by atoms with Crippen LogP contribution < -0.4 is 5.32 Å². The number of ether oxygens (including phenoxy) is 3. The topological polar surface area (TPSA) is 175 Å². The smallest absolute Gasteiger partial charge is 0.305 e. The molecule has 7 unspecified atom stereocenters. The van der Waals surface area contributed by atoms with Crippen LogP contribution in [0.25, 0.3) is 0 Å². The fourth-order valence-corrected chi connectivity index (χ4v) is 8.35. The molecule has 0 aromatic rings. The molecule has 6 N–H and O–H groups in total. The highest BCUT2D eigenvalue weighted by Gasteiger charge is 2.44. The molecule has 0 aromatic carbocycles. The molecule has 0 spiro atoms. The van der Waals surface area contributed by atoms with Crippen LogP contribution >= 0.6 is 0 Å². The van der Waals surface area contributed by atoms with Gasteiger partial charge in [-0.1, -0.05) is 204 Å². The molecule has 0 bridgehead atoms. The van der Waals surface area contributed by atoms with Gasteiger partial charge < -0.3 is 45.1 Å². The first-order valence-corrected chi connectivity index (χ1v) is 27.3. The maximum atomic E-state index is 13.0. The lowest BCUT2D eigenvalue weighted by atomic mass is 9.99. The fourth-order valence-electron chi connectivity index (χ4n) is 8.35. The van der Waals surface area contributed by atoms with Crippen LogP contribution in [0, 0.1) is 0 Å². The van der Waals surface area contributed by atoms with Crippen LogP contribution in [0.5, 0.6) is 0 Å². The fraction of sp³-hybridized carbons (Fsp3) is 0.855. The Hall–Kier alpha value is -2.12. The van der Waals surface area contributed by atoms with Gasteiger partial charge >= 0.3 is 5.97 Å². The maximum absolute atomic E-state index is 13.0. The number of rotatable bonds is 46. The number of carbonyl (C=O) groups excluding carboxylic acids is 2. The minimum absolute atomic E-state index is 0.0300. The molecule has 1 aliphatic heterocycles. The number of amides is 1. The summed E-state index contributed by atoms with van der Waals surface area (Å²) in [5.41, 5.74) is 0. The summed E-state index contributed by atoms with van der Waals surface area (Å²) in [4.78, 5) is 25.0. The Morgan fingerprint density at radius 1 is 0.545 bits per heavy atom. The van der Waals surface area contributed by atoms with E-state index in [9.17, 15) is 35.1 Å². The van der Waals surface area contributed by atoms with Gasteiger partial charge in [0.05, 0.1) is 32.0 Å². The van der Waals surface area contributed by atoms with Crippen molar-refractivity contribution in [3.63, 3.8) is 0 Å². The van der Waals surface area contributed by atoms with Crippen molar-refractivity contribution >= 4 is 11.9 Å². The van der Waals surface area contributed by atoms with Crippen molar-refractivity contribution in [3.8, 4) is 0 Å². The van der Waals surface area contributed by atoms with Gasteiger partial charge in [0.2, 0.25) is 5.91 Å². The highest BCUT2D eigenvalue weighted by atomic mass is 16.7. The van der Waals surface area contributed by atoms with Crippen LogP contribution in [0.4, 0.5) is 0 Å². The normalized spacial score (nSPS) is 19.9. The first kappa shape index (κ1) is 61.9. The summed E-state index contributed by atoms with van der Waals surface area (Å²) in [5.74, 6) is -0.240. The summed E-state index contributed by atoms with van der Waals surface area (Å²) in [5, 5.41) is 54.3. The van der Waals surface area contributed by atoms with Crippen LogP contribution in [0.2, 0.25) is 0 Å². The van der Waals surface area contributed by atoms with Crippen molar-refractivity contribution in [1.29, 1.82) is 0 Å². The van der Waals surface area contributed by atoms with E-state index in [1.54, 1.807) is 6.08 Å². The van der Waals surface area contributed by atoms with Gasteiger partial charge in [-0.3, -0.25) is 9.59 Å². The zero-order chi connectivity index (χ0) is 48.1. The summed E-state index contributed by atoms with van der Waals surface area (Å²) in [6, 6.07) is -0.844. The zero-order valence-electron chi connectivity index (χ0n) is 42.2. The number of allylic oxidation sites excluding steroid dienone is 5. The molecule has 1 amide bonds. The SMILES string of the molecule is CCCCCC/C=C/CC/C=C/CC/C=C/C(O)C(COC1OC(CO)C(O)C(O)C1O)NC(=O)CCCCCCCCCCCCCCCOC(=O)CCCCCCCCCCCCC. The Morgan fingerprint density at radius 3 is 1.50 bits per heavy atom. The van der Waals surface area contributed by atoms with Crippen LogP contribution in [0.15, 0.2) is 36.5 Å².